The van der Waals surface area contributed by atoms with Gasteiger partial charge in [0.15, 0.2) is 0 Å². The molecule has 2 atom stereocenters. The highest BCUT2D eigenvalue weighted by Crippen LogP contribution is 2.34. The Balaban J connectivity index is 2.48. The first-order valence-electron chi connectivity index (χ1n) is 4.53. The minimum absolute atomic E-state index is 0.264. The Kier molecular flexibility index (Phi) is 1.69. The molecule has 1 nitrogen and oxygen atoms in total. The normalized spacial score (nSPS) is 27.2. The second kappa shape index (κ2) is 2.60. The SMILES string of the molecule is Cc1ccc2c(c1)[C@H](N)C(C)C2. The summed E-state index contributed by atoms with van der Waals surface area (Å²) < 4.78 is 0. The fraction of sp³-hybridized carbons (Fsp3) is 0.455. The van der Waals surface area contributed by atoms with Gasteiger partial charge in [-0.1, -0.05) is 30.7 Å². The molecule has 1 unspecified atom stereocenters. The first-order valence-corrected chi connectivity index (χ1v) is 4.53. The van der Waals surface area contributed by atoms with Crippen LogP contribution in [-0.2, 0) is 6.42 Å². The molecule has 1 aromatic rings. The fourth-order valence-corrected chi connectivity index (χ4v) is 1.99. The molecule has 0 fully saturated rings. The topological polar surface area (TPSA) is 26.0 Å². The Labute approximate surface area is 73.6 Å². The lowest BCUT2D eigenvalue weighted by molar-refractivity contribution is 0.513. The molecule has 1 aliphatic carbocycles. The minimum Gasteiger partial charge on any atom is -0.324 e. The van der Waals surface area contributed by atoms with Gasteiger partial charge in [-0.05, 0) is 30.4 Å². The number of benzene rings is 1. The summed E-state index contributed by atoms with van der Waals surface area (Å²) in [5.41, 5.74) is 10.2. The van der Waals surface area contributed by atoms with E-state index in [2.05, 4.69) is 32.0 Å². The lowest BCUT2D eigenvalue weighted by atomic mass is 10.0. The summed E-state index contributed by atoms with van der Waals surface area (Å²) in [6, 6.07) is 6.88. The van der Waals surface area contributed by atoms with E-state index in [0.717, 1.165) is 6.42 Å². The highest BCUT2D eigenvalue weighted by Gasteiger charge is 2.25. The van der Waals surface area contributed by atoms with Crippen LogP contribution in [0.4, 0.5) is 0 Å². The van der Waals surface area contributed by atoms with E-state index >= 15 is 0 Å². The monoisotopic (exact) mass is 161 g/mol. The molecule has 0 aromatic heterocycles. The largest absolute Gasteiger partial charge is 0.324 e. The smallest absolute Gasteiger partial charge is 0.0326 e. The van der Waals surface area contributed by atoms with Gasteiger partial charge in [-0.15, -0.1) is 0 Å². The van der Waals surface area contributed by atoms with E-state index in [1.54, 1.807) is 0 Å². The predicted molar refractivity (Wildman–Crippen MR) is 51.0 cm³/mol. The molecule has 12 heavy (non-hydrogen) atoms. The van der Waals surface area contributed by atoms with Crippen LogP contribution in [0.5, 0.6) is 0 Å². The molecule has 0 saturated carbocycles. The van der Waals surface area contributed by atoms with Crippen LogP contribution < -0.4 is 5.73 Å². The second-order valence-corrected chi connectivity index (χ2v) is 3.91. The summed E-state index contributed by atoms with van der Waals surface area (Å²) in [5.74, 6) is 0.613. The van der Waals surface area contributed by atoms with Gasteiger partial charge < -0.3 is 5.73 Å². The average molecular weight is 161 g/mol. The van der Waals surface area contributed by atoms with E-state index in [4.69, 9.17) is 5.73 Å². The summed E-state index contributed by atoms with van der Waals surface area (Å²) in [5, 5.41) is 0. The van der Waals surface area contributed by atoms with Crippen LogP contribution in [0.3, 0.4) is 0 Å². The van der Waals surface area contributed by atoms with Gasteiger partial charge >= 0.3 is 0 Å². The number of nitrogens with two attached hydrogens (primary N) is 1. The minimum atomic E-state index is 0.264. The maximum atomic E-state index is 6.06. The maximum absolute atomic E-state index is 6.06. The standard InChI is InChI=1S/C11H15N/c1-7-3-4-9-6-8(2)11(12)10(9)5-7/h3-5,8,11H,6,12H2,1-2H3/t8?,11-/m1/s1. The number of rotatable bonds is 0. The van der Waals surface area contributed by atoms with Gasteiger partial charge in [-0.3, -0.25) is 0 Å². The molecule has 1 aromatic carbocycles. The van der Waals surface area contributed by atoms with Crippen molar-refractivity contribution < 1.29 is 0 Å². The maximum Gasteiger partial charge on any atom is 0.0326 e. The zero-order valence-electron chi connectivity index (χ0n) is 7.67. The zero-order chi connectivity index (χ0) is 8.72. The predicted octanol–water partition coefficient (Wildman–Crippen LogP) is 2.19. The fourth-order valence-electron chi connectivity index (χ4n) is 1.99. The average Bonchev–Trinajstić information content (AvgIpc) is 2.31. The van der Waals surface area contributed by atoms with Gasteiger partial charge in [-0.25, -0.2) is 0 Å². The van der Waals surface area contributed by atoms with Crippen LogP contribution in [0.25, 0.3) is 0 Å². The summed E-state index contributed by atoms with van der Waals surface area (Å²) in [4.78, 5) is 0. The molecule has 0 amide bonds. The number of aryl methyl sites for hydroxylation is 1. The van der Waals surface area contributed by atoms with Crippen LogP contribution in [0, 0.1) is 12.8 Å². The van der Waals surface area contributed by atoms with Gasteiger partial charge in [0, 0.05) is 6.04 Å². The molecule has 64 valence electrons. The Morgan fingerprint density at radius 3 is 2.92 bits per heavy atom. The zero-order valence-corrected chi connectivity index (χ0v) is 7.67. The summed E-state index contributed by atoms with van der Waals surface area (Å²) >= 11 is 0. The van der Waals surface area contributed by atoms with Crippen LogP contribution in [0.1, 0.15) is 29.7 Å². The van der Waals surface area contributed by atoms with Crippen LogP contribution in [0.15, 0.2) is 18.2 Å². The van der Waals surface area contributed by atoms with E-state index in [1.165, 1.54) is 16.7 Å². The first-order chi connectivity index (χ1) is 5.68. The molecule has 0 spiro atoms. The van der Waals surface area contributed by atoms with Crippen molar-refractivity contribution in [3.8, 4) is 0 Å². The highest BCUT2D eigenvalue weighted by atomic mass is 14.7. The van der Waals surface area contributed by atoms with Gasteiger partial charge in [0.2, 0.25) is 0 Å². The molecule has 0 heterocycles. The Morgan fingerprint density at radius 1 is 1.42 bits per heavy atom. The van der Waals surface area contributed by atoms with E-state index in [9.17, 15) is 0 Å². The van der Waals surface area contributed by atoms with Gasteiger partial charge in [0.05, 0.1) is 0 Å². The Bertz CT molecular complexity index is 304. The van der Waals surface area contributed by atoms with Crippen LogP contribution >= 0.6 is 0 Å². The van der Waals surface area contributed by atoms with Gasteiger partial charge in [0.25, 0.3) is 0 Å². The first kappa shape index (κ1) is 7.81. The van der Waals surface area contributed by atoms with Crippen molar-refractivity contribution in [2.75, 3.05) is 0 Å². The van der Waals surface area contributed by atoms with Crippen molar-refractivity contribution in [2.24, 2.45) is 11.7 Å². The molecule has 2 N–H and O–H groups in total. The van der Waals surface area contributed by atoms with Crippen LogP contribution in [0.2, 0.25) is 0 Å². The van der Waals surface area contributed by atoms with Crippen molar-refractivity contribution in [2.45, 2.75) is 26.3 Å². The summed E-state index contributed by atoms with van der Waals surface area (Å²) in [6.45, 7) is 4.34. The summed E-state index contributed by atoms with van der Waals surface area (Å²) in [7, 11) is 0. The molecular weight excluding hydrogens is 146 g/mol. The van der Waals surface area contributed by atoms with E-state index < -0.39 is 0 Å². The molecule has 0 bridgehead atoms. The van der Waals surface area contributed by atoms with Crippen molar-refractivity contribution in [1.29, 1.82) is 0 Å². The third-order valence-electron chi connectivity index (χ3n) is 2.82. The van der Waals surface area contributed by atoms with Gasteiger partial charge in [-0.2, -0.15) is 0 Å². The third-order valence-corrected chi connectivity index (χ3v) is 2.82. The van der Waals surface area contributed by atoms with E-state index in [-0.39, 0.29) is 6.04 Å². The second-order valence-electron chi connectivity index (χ2n) is 3.91. The molecule has 0 saturated heterocycles. The molecule has 0 radical (unpaired) electrons. The van der Waals surface area contributed by atoms with Gasteiger partial charge in [0.1, 0.15) is 0 Å². The highest BCUT2D eigenvalue weighted by molar-refractivity contribution is 5.38. The van der Waals surface area contributed by atoms with E-state index in [0.29, 0.717) is 5.92 Å². The molecular formula is C11H15N. The number of fused-ring (bicyclic) bond motifs is 1. The van der Waals surface area contributed by atoms with Crippen molar-refractivity contribution in [3.05, 3.63) is 34.9 Å². The van der Waals surface area contributed by atoms with Crippen molar-refractivity contribution >= 4 is 0 Å². The molecule has 1 heteroatoms. The lowest BCUT2D eigenvalue weighted by Crippen LogP contribution is -2.13. The van der Waals surface area contributed by atoms with Crippen LogP contribution in [-0.4, -0.2) is 0 Å². The Hall–Kier alpha value is -0.820. The number of hydrogen-bond donors (Lipinski definition) is 1. The lowest BCUT2D eigenvalue weighted by Gasteiger charge is -2.09. The molecule has 1 aliphatic rings. The summed E-state index contributed by atoms with van der Waals surface area (Å²) in [6.07, 6.45) is 1.15. The number of hydrogen-bond acceptors (Lipinski definition) is 1. The molecule has 0 aliphatic heterocycles. The quantitative estimate of drug-likeness (QED) is 0.620. The van der Waals surface area contributed by atoms with E-state index in [1.807, 2.05) is 0 Å². The van der Waals surface area contributed by atoms with Crippen molar-refractivity contribution in [1.82, 2.24) is 0 Å². The van der Waals surface area contributed by atoms with Crippen molar-refractivity contribution in [3.63, 3.8) is 0 Å². The molecule has 2 rings (SSSR count). The Morgan fingerprint density at radius 2 is 2.17 bits per heavy atom. The third kappa shape index (κ3) is 1.05.